The van der Waals surface area contributed by atoms with Gasteiger partial charge in [-0.1, -0.05) is 32.4 Å². The van der Waals surface area contributed by atoms with E-state index >= 15 is 0 Å². The first-order valence-corrected chi connectivity index (χ1v) is 14.1. The topological polar surface area (TPSA) is 76.6 Å². The number of rotatable bonds is 10. The van der Waals surface area contributed by atoms with Crippen molar-refractivity contribution >= 4 is 17.7 Å². The van der Waals surface area contributed by atoms with Crippen LogP contribution in [0.3, 0.4) is 0 Å². The second kappa shape index (κ2) is 13.4. The molecule has 0 spiro atoms. The number of imidazole rings is 1. The maximum absolute atomic E-state index is 14.0. The Hall–Kier alpha value is -2.74. The molecule has 2 fully saturated rings. The van der Waals surface area contributed by atoms with Gasteiger partial charge in [0.05, 0.1) is 6.20 Å². The molecule has 2 atom stereocenters. The van der Waals surface area contributed by atoms with Crippen molar-refractivity contribution in [2.75, 3.05) is 39.8 Å². The van der Waals surface area contributed by atoms with Crippen molar-refractivity contribution in [3.05, 3.63) is 47.3 Å². The van der Waals surface area contributed by atoms with Gasteiger partial charge in [0.1, 0.15) is 12.0 Å². The molecule has 0 radical (unpaired) electrons. The molecule has 38 heavy (non-hydrogen) atoms. The number of piperidine rings is 1. The van der Waals surface area contributed by atoms with E-state index in [1.165, 1.54) is 5.57 Å². The summed E-state index contributed by atoms with van der Waals surface area (Å²) in [5.41, 5.74) is 3.53. The van der Waals surface area contributed by atoms with Crippen LogP contribution in [0.4, 0.5) is 10.3 Å². The third kappa shape index (κ3) is 7.65. The van der Waals surface area contributed by atoms with Crippen molar-refractivity contribution in [2.24, 2.45) is 10.4 Å². The monoisotopic (exact) mass is 526 g/mol. The highest BCUT2D eigenvalue weighted by Crippen LogP contribution is 2.34. The van der Waals surface area contributed by atoms with Gasteiger partial charge in [-0.15, -0.1) is 6.58 Å². The van der Waals surface area contributed by atoms with E-state index in [1.54, 1.807) is 6.92 Å². The Balaban J connectivity index is 1.97. The summed E-state index contributed by atoms with van der Waals surface area (Å²) in [7, 11) is 2.13. The summed E-state index contributed by atoms with van der Waals surface area (Å²) in [4.78, 5) is 30.3. The lowest BCUT2D eigenvalue weighted by molar-refractivity contribution is -0.118. The standard InChI is InChI=1S/C30H47FN6O/c1-8-21(3)25(19-24-11-10-14-32-28(24)38)27(37-17-15-36(7)16-18-37)35-29-33-20-26(34-29)23(9-2)12-13-30(5,6)22(4)31/h9,19-20,22-23H,2,8,10-18H2,1,3-7H3,(H,32,38)(H,33,34)/b24-19+,25-21?,35-27+. The van der Waals surface area contributed by atoms with Crippen LogP contribution in [-0.4, -0.2) is 77.5 Å². The highest BCUT2D eigenvalue weighted by Gasteiger charge is 2.27. The van der Waals surface area contributed by atoms with Gasteiger partial charge >= 0.3 is 0 Å². The molecule has 2 unspecified atom stereocenters. The van der Waals surface area contributed by atoms with Crippen molar-refractivity contribution in [3.8, 4) is 0 Å². The molecule has 3 heterocycles. The van der Waals surface area contributed by atoms with Crippen LogP contribution in [0.25, 0.3) is 0 Å². The van der Waals surface area contributed by atoms with E-state index in [9.17, 15) is 9.18 Å². The normalized spacial score (nSPS) is 21.2. The van der Waals surface area contributed by atoms with Gasteiger partial charge in [-0.05, 0) is 64.5 Å². The Labute approximate surface area is 228 Å². The second-order valence-corrected chi connectivity index (χ2v) is 11.4. The maximum atomic E-state index is 14.0. The first-order valence-electron chi connectivity index (χ1n) is 14.1. The van der Waals surface area contributed by atoms with E-state index in [4.69, 9.17) is 4.99 Å². The number of aromatic amines is 1. The van der Waals surface area contributed by atoms with Crippen molar-refractivity contribution in [1.82, 2.24) is 25.1 Å². The van der Waals surface area contributed by atoms with Gasteiger partial charge in [0, 0.05) is 55.5 Å². The van der Waals surface area contributed by atoms with Crippen LogP contribution in [0.2, 0.25) is 0 Å². The number of aromatic nitrogens is 2. The van der Waals surface area contributed by atoms with Gasteiger partial charge in [-0.25, -0.2) is 9.37 Å². The number of halogens is 1. The van der Waals surface area contributed by atoms with E-state index in [2.05, 4.69) is 52.6 Å². The average Bonchev–Trinajstić information content (AvgIpc) is 3.36. The maximum Gasteiger partial charge on any atom is 0.247 e. The minimum Gasteiger partial charge on any atom is -0.353 e. The molecule has 2 N–H and O–H groups in total. The third-order valence-corrected chi connectivity index (χ3v) is 8.21. The SMILES string of the molecule is C=CC(CCC(C)(C)C(C)F)c1cnc(/N=C(\C(/C=C2\CCCNC2=O)=C(C)CC)N2CCN(C)CC2)[nH]1. The number of carbonyl (C=O) groups excluding carboxylic acids is 1. The Morgan fingerprint density at radius 1 is 1.32 bits per heavy atom. The summed E-state index contributed by atoms with van der Waals surface area (Å²) >= 11 is 0. The number of aliphatic imine (C=N–C) groups is 1. The fourth-order valence-electron chi connectivity index (χ4n) is 4.70. The third-order valence-electron chi connectivity index (χ3n) is 8.21. The van der Waals surface area contributed by atoms with E-state index in [-0.39, 0.29) is 11.8 Å². The first kappa shape index (κ1) is 29.8. The second-order valence-electron chi connectivity index (χ2n) is 11.4. The number of alkyl halides is 1. The minimum atomic E-state index is -0.881. The van der Waals surface area contributed by atoms with Crippen LogP contribution in [0, 0.1) is 5.41 Å². The Morgan fingerprint density at radius 3 is 2.63 bits per heavy atom. The van der Waals surface area contributed by atoms with E-state index in [0.29, 0.717) is 5.95 Å². The number of likely N-dealkylation sites (N-methyl/N-ethyl adjacent to an activating group) is 1. The quantitative estimate of drug-likeness (QED) is 0.178. The fraction of sp³-hybridized carbons (Fsp3) is 0.633. The zero-order valence-electron chi connectivity index (χ0n) is 24.2. The van der Waals surface area contributed by atoms with Gasteiger partial charge in [0.25, 0.3) is 0 Å². The lowest BCUT2D eigenvalue weighted by Crippen LogP contribution is -2.47. The van der Waals surface area contributed by atoms with Gasteiger partial charge in [-0.2, -0.15) is 4.99 Å². The number of piperazine rings is 1. The molecule has 1 aromatic rings. The first-order chi connectivity index (χ1) is 18.1. The van der Waals surface area contributed by atoms with Crippen LogP contribution < -0.4 is 5.32 Å². The average molecular weight is 527 g/mol. The lowest BCUT2D eigenvalue weighted by atomic mass is 9.81. The number of amidine groups is 1. The zero-order chi connectivity index (χ0) is 27.9. The van der Waals surface area contributed by atoms with Gasteiger partial charge < -0.3 is 20.1 Å². The molecule has 0 saturated carbocycles. The smallest absolute Gasteiger partial charge is 0.247 e. The van der Waals surface area contributed by atoms with Crippen LogP contribution in [0.1, 0.15) is 78.3 Å². The summed E-state index contributed by atoms with van der Waals surface area (Å²) < 4.78 is 14.0. The molecule has 0 aromatic carbocycles. The van der Waals surface area contributed by atoms with Crippen LogP contribution in [0.15, 0.2) is 46.6 Å². The number of carbonyl (C=O) groups is 1. The number of allylic oxidation sites excluding steroid dienone is 2. The Kier molecular flexibility index (Phi) is 10.5. The number of H-pyrrole nitrogens is 1. The summed E-state index contributed by atoms with van der Waals surface area (Å²) in [5, 5.41) is 2.98. The molecule has 1 aromatic heterocycles. The van der Waals surface area contributed by atoms with E-state index in [1.807, 2.05) is 32.2 Å². The van der Waals surface area contributed by atoms with Crippen molar-refractivity contribution in [1.29, 1.82) is 0 Å². The van der Waals surface area contributed by atoms with Gasteiger partial charge in [0.2, 0.25) is 11.9 Å². The van der Waals surface area contributed by atoms with Crippen molar-refractivity contribution in [3.63, 3.8) is 0 Å². The zero-order valence-corrected chi connectivity index (χ0v) is 24.2. The Morgan fingerprint density at radius 2 is 2.03 bits per heavy atom. The van der Waals surface area contributed by atoms with Crippen molar-refractivity contribution in [2.45, 2.75) is 78.8 Å². The highest BCUT2D eigenvalue weighted by molar-refractivity contribution is 6.05. The molecule has 3 rings (SSSR count). The van der Waals surface area contributed by atoms with E-state index < -0.39 is 11.6 Å². The summed E-state index contributed by atoms with van der Waals surface area (Å²) in [6.45, 7) is 18.2. The van der Waals surface area contributed by atoms with Crippen LogP contribution in [-0.2, 0) is 4.79 Å². The largest absolute Gasteiger partial charge is 0.353 e. The predicted octanol–water partition coefficient (Wildman–Crippen LogP) is 5.68. The van der Waals surface area contributed by atoms with Crippen LogP contribution in [0.5, 0.6) is 0 Å². The summed E-state index contributed by atoms with van der Waals surface area (Å²) in [6, 6.07) is 0. The number of nitrogens with one attached hydrogen (secondary N) is 2. The van der Waals surface area contributed by atoms with E-state index in [0.717, 1.165) is 87.5 Å². The number of hydrogen-bond donors (Lipinski definition) is 2. The number of hydrogen-bond acceptors (Lipinski definition) is 4. The summed E-state index contributed by atoms with van der Waals surface area (Å²) in [6.07, 6.45) is 8.98. The molecule has 0 bridgehead atoms. The molecule has 2 aliphatic rings. The molecular formula is C30H47FN6O. The fourth-order valence-corrected chi connectivity index (χ4v) is 4.70. The molecule has 2 saturated heterocycles. The highest BCUT2D eigenvalue weighted by atomic mass is 19.1. The molecule has 7 nitrogen and oxygen atoms in total. The summed E-state index contributed by atoms with van der Waals surface area (Å²) in [5.74, 6) is 1.44. The van der Waals surface area contributed by atoms with Crippen LogP contribution >= 0.6 is 0 Å². The Bertz CT molecular complexity index is 1060. The lowest BCUT2D eigenvalue weighted by Gasteiger charge is -2.35. The minimum absolute atomic E-state index is 0.00927. The molecule has 1 amide bonds. The molecule has 8 heteroatoms. The molecular weight excluding hydrogens is 479 g/mol. The predicted molar refractivity (Wildman–Crippen MR) is 155 cm³/mol. The van der Waals surface area contributed by atoms with Gasteiger partial charge in [-0.3, -0.25) is 4.79 Å². The van der Waals surface area contributed by atoms with Gasteiger partial charge in [0.15, 0.2) is 0 Å². The molecule has 210 valence electrons. The number of nitrogens with zero attached hydrogens (tertiary/aromatic N) is 4. The molecule has 2 aliphatic heterocycles. The number of amides is 1. The molecule has 0 aliphatic carbocycles. The van der Waals surface area contributed by atoms with Crippen molar-refractivity contribution < 1.29 is 9.18 Å².